The molecule has 1 aliphatic heterocycles. The van der Waals surface area contributed by atoms with Crippen molar-refractivity contribution in [2.75, 3.05) is 13.8 Å². The van der Waals surface area contributed by atoms with E-state index in [1.54, 1.807) is 0 Å². The SMILES string of the molecule is C[NH+](Cc1ccc2c(c1)OCO2)Cc1nc(-c2ccccc2)no1. The van der Waals surface area contributed by atoms with Crippen LogP contribution < -0.4 is 14.4 Å². The molecule has 2 heterocycles. The average Bonchev–Trinajstić information content (AvgIpc) is 3.24. The summed E-state index contributed by atoms with van der Waals surface area (Å²) in [6.45, 7) is 1.79. The summed E-state index contributed by atoms with van der Waals surface area (Å²) in [5.41, 5.74) is 2.14. The maximum atomic E-state index is 5.42. The van der Waals surface area contributed by atoms with Crippen molar-refractivity contribution in [2.24, 2.45) is 0 Å². The van der Waals surface area contributed by atoms with E-state index in [-0.39, 0.29) is 0 Å². The molecular formula is C18H18N3O3+. The number of ether oxygens (including phenoxy) is 2. The largest absolute Gasteiger partial charge is 0.454 e. The lowest BCUT2D eigenvalue weighted by atomic mass is 10.2. The van der Waals surface area contributed by atoms with E-state index in [1.807, 2.05) is 42.5 Å². The average molecular weight is 324 g/mol. The lowest BCUT2D eigenvalue weighted by molar-refractivity contribution is -0.909. The fourth-order valence-electron chi connectivity index (χ4n) is 2.75. The topological polar surface area (TPSA) is 61.8 Å². The van der Waals surface area contributed by atoms with E-state index < -0.39 is 0 Å². The Hall–Kier alpha value is -2.86. The predicted octanol–water partition coefficient (Wildman–Crippen LogP) is 1.68. The molecule has 24 heavy (non-hydrogen) atoms. The third kappa shape index (κ3) is 3.09. The van der Waals surface area contributed by atoms with Crippen LogP contribution in [0.2, 0.25) is 0 Å². The van der Waals surface area contributed by atoms with Crippen LogP contribution in [0.5, 0.6) is 11.5 Å². The van der Waals surface area contributed by atoms with Crippen LogP contribution in [-0.4, -0.2) is 24.0 Å². The predicted molar refractivity (Wildman–Crippen MR) is 86.6 cm³/mol. The third-order valence-corrected chi connectivity index (χ3v) is 3.90. The Morgan fingerprint density at radius 3 is 2.71 bits per heavy atom. The number of aromatic nitrogens is 2. The fraction of sp³-hybridized carbons (Fsp3) is 0.222. The van der Waals surface area contributed by atoms with Gasteiger partial charge < -0.3 is 18.9 Å². The summed E-state index contributed by atoms with van der Waals surface area (Å²) in [6.07, 6.45) is 0. The molecule has 3 aromatic rings. The van der Waals surface area contributed by atoms with Crippen LogP contribution in [-0.2, 0) is 13.1 Å². The van der Waals surface area contributed by atoms with E-state index in [9.17, 15) is 0 Å². The highest BCUT2D eigenvalue weighted by Gasteiger charge is 2.16. The van der Waals surface area contributed by atoms with Crippen molar-refractivity contribution in [1.82, 2.24) is 10.1 Å². The molecule has 6 heteroatoms. The monoisotopic (exact) mass is 324 g/mol. The second-order valence-corrected chi connectivity index (χ2v) is 5.88. The number of nitrogens with one attached hydrogen (secondary N) is 1. The van der Waals surface area contributed by atoms with Gasteiger partial charge in [0, 0.05) is 11.1 Å². The Morgan fingerprint density at radius 2 is 1.83 bits per heavy atom. The van der Waals surface area contributed by atoms with Gasteiger partial charge in [-0.1, -0.05) is 35.5 Å². The van der Waals surface area contributed by atoms with E-state index in [2.05, 4.69) is 23.3 Å². The number of fused-ring (bicyclic) bond motifs is 1. The number of hydrogen-bond donors (Lipinski definition) is 1. The molecule has 2 aromatic carbocycles. The van der Waals surface area contributed by atoms with E-state index in [0.29, 0.717) is 25.1 Å². The molecule has 0 saturated carbocycles. The van der Waals surface area contributed by atoms with Gasteiger partial charge in [0.2, 0.25) is 12.6 Å². The summed E-state index contributed by atoms with van der Waals surface area (Å²) in [4.78, 5) is 5.72. The smallest absolute Gasteiger partial charge is 0.282 e. The summed E-state index contributed by atoms with van der Waals surface area (Å²) in [6, 6.07) is 15.9. The van der Waals surface area contributed by atoms with Crippen LogP contribution in [0.1, 0.15) is 11.5 Å². The first-order valence-corrected chi connectivity index (χ1v) is 7.86. The minimum Gasteiger partial charge on any atom is -0.454 e. The summed E-state index contributed by atoms with van der Waals surface area (Å²) >= 11 is 0. The maximum Gasteiger partial charge on any atom is 0.282 e. The Morgan fingerprint density at radius 1 is 1.00 bits per heavy atom. The second-order valence-electron chi connectivity index (χ2n) is 5.88. The molecule has 0 spiro atoms. The van der Waals surface area contributed by atoms with Crippen LogP contribution in [0.3, 0.4) is 0 Å². The molecule has 0 bridgehead atoms. The molecule has 4 rings (SSSR count). The molecule has 1 unspecified atom stereocenters. The van der Waals surface area contributed by atoms with E-state index in [4.69, 9.17) is 14.0 Å². The minimum absolute atomic E-state index is 0.297. The van der Waals surface area contributed by atoms with Gasteiger partial charge in [0.25, 0.3) is 5.89 Å². The van der Waals surface area contributed by atoms with Crippen LogP contribution in [0.25, 0.3) is 11.4 Å². The zero-order chi connectivity index (χ0) is 16.4. The Balaban J connectivity index is 1.41. The highest BCUT2D eigenvalue weighted by Crippen LogP contribution is 2.32. The highest BCUT2D eigenvalue weighted by molar-refractivity contribution is 5.53. The molecule has 1 aliphatic rings. The van der Waals surface area contributed by atoms with Crippen molar-refractivity contribution in [3.8, 4) is 22.9 Å². The van der Waals surface area contributed by atoms with Crippen LogP contribution in [0.4, 0.5) is 0 Å². The zero-order valence-electron chi connectivity index (χ0n) is 13.4. The van der Waals surface area contributed by atoms with Gasteiger partial charge in [0.15, 0.2) is 18.0 Å². The van der Waals surface area contributed by atoms with Gasteiger partial charge in [-0.3, -0.25) is 0 Å². The molecule has 0 radical (unpaired) electrons. The van der Waals surface area contributed by atoms with E-state index in [1.165, 1.54) is 10.5 Å². The van der Waals surface area contributed by atoms with Gasteiger partial charge in [-0.2, -0.15) is 4.98 Å². The molecule has 0 saturated heterocycles. The second kappa shape index (κ2) is 6.33. The summed E-state index contributed by atoms with van der Waals surface area (Å²) in [7, 11) is 2.09. The molecular weight excluding hydrogens is 306 g/mol. The lowest BCUT2D eigenvalue weighted by Gasteiger charge is -2.11. The van der Waals surface area contributed by atoms with Gasteiger partial charge in [0.05, 0.1) is 7.05 Å². The number of rotatable bonds is 5. The van der Waals surface area contributed by atoms with E-state index >= 15 is 0 Å². The summed E-state index contributed by atoms with van der Waals surface area (Å²) in [5, 5.41) is 4.06. The lowest BCUT2D eigenvalue weighted by Crippen LogP contribution is -3.06. The summed E-state index contributed by atoms with van der Waals surface area (Å²) < 4.78 is 16.1. The van der Waals surface area contributed by atoms with Crippen molar-refractivity contribution < 1.29 is 18.9 Å². The Bertz CT molecular complexity index is 833. The first-order chi connectivity index (χ1) is 11.8. The maximum absolute atomic E-state index is 5.42. The quantitative estimate of drug-likeness (QED) is 0.774. The zero-order valence-corrected chi connectivity index (χ0v) is 13.4. The van der Waals surface area contributed by atoms with Gasteiger partial charge in [0.1, 0.15) is 6.54 Å². The van der Waals surface area contributed by atoms with Gasteiger partial charge in [-0.05, 0) is 18.2 Å². The van der Waals surface area contributed by atoms with Crippen molar-refractivity contribution in [3.05, 3.63) is 60.0 Å². The Labute approximate surface area is 139 Å². The van der Waals surface area contributed by atoms with Crippen LogP contribution in [0, 0.1) is 0 Å². The molecule has 1 aromatic heterocycles. The first-order valence-electron chi connectivity index (χ1n) is 7.86. The molecule has 1 atom stereocenters. The van der Waals surface area contributed by atoms with E-state index in [0.717, 1.165) is 23.6 Å². The van der Waals surface area contributed by atoms with Crippen molar-refractivity contribution in [2.45, 2.75) is 13.1 Å². The number of benzene rings is 2. The number of hydrogen-bond acceptors (Lipinski definition) is 5. The third-order valence-electron chi connectivity index (χ3n) is 3.90. The Kier molecular flexibility index (Phi) is 3.88. The van der Waals surface area contributed by atoms with Crippen molar-refractivity contribution in [1.29, 1.82) is 0 Å². The summed E-state index contributed by atoms with van der Waals surface area (Å²) in [5.74, 6) is 2.87. The highest BCUT2D eigenvalue weighted by atomic mass is 16.7. The molecule has 0 fully saturated rings. The van der Waals surface area contributed by atoms with Gasteiger partial charge in [-0.25, -0.2) is 0 Å². The molecule has 122 valence electrons. The van der Waals surface area contributed by atoms with Crippen molar-refractivity contribution in [3.63, 3.8) is 0 Å². The van der Waals surface area contributed by atoms with Crippen LogP contribution >= 0.6 is 0 Å². The van der Waals surface area contributed by atoms with Crippen LogP contribution in [0.15, 0.2) is 53.1 Å². The number of nitrogens with zero attached hydrogens (tertiary/aromatic N) is 2. The van der Waals surface area contributed by atoms with Gasteiger partial charge >= 0.3 is 0 Å². The normalized spacial score (nSPS) is 13.9. The molecule has 6 nitrogen and oxygen atoms in total. The molecule has 1 N–H and O–H groups in total. The standard InChI is InChI=1S/C18H17N3O3/c1-21(10-13-7-8-15-16(9-13)23-12-22-15)11-17-19-18(20-24-17)14-5-3-2-4-6-14/h2-9H,10-12H2,1H3/p+1. The van der Waals surface area contributed by atoms with Crippen molar-refractivity contribution >= 4 is 0 Å². The molecule has 0 amide bonds. The first kappa shape index (κ1) is 14.7. The molecule has 0 aliphatic carbocycles. The number of quaternary nitrogens is 1. The fourth-order valence-corrected chi connectivity index (χ4v) is 2.75. The minimum atomic E-state index is 0.297. The van der Waals surface area contributed by atoms with Gasteiger partial charge in [-0.15, -0.1) is 0 Å².